The molecule has 27 heavy (non-hydrogen) atoms. The molecule has 0 saturated carbocycles. The van der Waals surface area contributed by atoms with Gasteiger partial charge in [-0.15, -0.1) is 10.2 Å². The van der Waals surface area contributed by atoms with E-state index in [2.05, 4.69) is 10.2 Å². The number of hydrogen-bond donors (Lipinski definition) is 0. The number of ether oxygens (including phenoxy) is 3. The molecule has 8 heteroatoms. The molecule has 0 aliphatic rings. The lowest BCUT2D eigenvalue weighted by molar-refractivity contribution is 0.0276. The quantitative estimate of drug-likeness (QED) is 0.608. The first kappa shape index (κ1) is 18.4. The summed E-state index contributed by atoms with van der Waals surface area (Å²) in [5.41, 5.74) is 0.800. The summed E-state index contributed by atoms with van der Waals surface area (Å²) in [5.74, 6) is 0.226. The van der Waals surface area contributed by atoms with Crippen molar-refractivity contribution >= 4 is 5.97 Å². The Morgan fingerprint density at radius 2 is 1.81 bits per heavy atom. The molecule has 3 rings (SSSR count). The summed E-state index contributed by atoms with van der Waals surface area (Å²) >= 11 is 0. The minimum absolute atomic E-state index is 0.121. The van der Waals surface area contributed by atoms with Gasteiger partial charge in [0.1, 0.15) is 22.9 Å². The maximum atomic E-state index is 13.0. The van der Waals surface area contributed by atoms with E-state index in [1.165, 1.54) is 38.5 Å². The van der Waals surface area contributed by atoms with Crippen molar-refractivity contribution in [1.29, 1.82) is 0 Å². The fraction of sp³-hybridized carbons (Fsp3) is 0.211. The number of methoxy groups -OCH3 is 2. The molecular weight excluding hydrogens is 355 g/mol. The smallest absolute Gasteiger partial charge is 0.342 e. The van der Waals surface area contributed by atoms with Gasteiger partial charge >= 0.3 is 5.97 Å². The lowest BCUT2D eigenvalue weighted by atomic mass is 10.2. The Morgan fingerprint density at radius 3 is 2.48 bits per heavy atom. The van der Waals surface area contributed by atoms with E-state index in [0.717, 1.165) is 0 Å². The van der Waals surface area contributed by atoms with Crippen LogP contribution in [0.4, 0.5) is 4.39 Å². The fourth-order valence-electron chi connectivity index (χ4n) is 2.35. The third-order valence-corrected chi connectivity index (χ3v) is 3.79. The van der Waals surface area contributed by atoms with Gasteiger partial charge in [0.15, 0.2) is 6.10 Å². The van der Waals surface area contributed by atoms with Crippen molar-refractivity contribution in [2.75, 3.05) is 14.2 Å². The average Bonchev–Trinajstić information content (AvgIpc) is 3.18. The molecule has 140 valence electrons. The van der Waals surface area contributed by atoms with Crippen LogP contribution >= 0.6 is 0 Å². The topological polar surface area (TPSA) is 83.7 Å². The SMILES string of the molecule is COc1ccc(C(=O)O[C@@H](C)c2nnc(-c3ccc(F)cc3)o2)c(OC)c1. The predicted octanol–water partition coefficient (Wildman–Crippen LogP) is 3.81. The van der Waals surface area contributed by atoms with Crippen LogP contribution in [0.2, 0.25) is 0 Å². The summed E-state index contributed by atoms with van der Waals surface area (Å²) in [6, 6.07) is 10.4. The standard InChI is InChI=1S/C19H17FN2O5/c1-11(17-21-22-18(27-17)12-4-6-13(20)7-5-12)26-19(23)15-9-8-14(24-2)10-16(15)25-3/h4-11H,1-3H3/t11-/m0/s1. The lowest BCUT2D eigenvalue weighted by Gasteiger charge is -2.12. The number of esters is 1. The van der Waals surface area contributed by atoms with Gasteiger partial charge in [0, 0.05) is 11.6 Å². The van der Waals surface area contributed by atoms with Gasteiger partial charge in [0.25, 0.3) is 5.89 Å². The summed E-state index contributed by atoms with van der Waals surface area (Å²) < 4.78 is 34.2. The van der Waals surface area contributed by atoms with Crippen LogP contribution in [0.1, 0.15) is 29.3 Å². The van der Waals surface area contributed by atoms with Gasteiger partial charge in [-0.2, -0.15) is 0 Å². The van der Waals surface area contributed by atoms with Crippen LogP contribution in [0.3, 0.4) is 0 Å². The number of halogens is 1. The summed E-state index contributed by atoms with van der Waals surface area (Å²) in [7, 11) is 2.96. The van der Waals surface area contributed by atoms with Crippen molar-refractivity contribution in [3.8, 4) is 23.0 Å². The summed E-state index contributed by atoms with van der Waals surface area (Å²) in [6.45, 7) is 1.61. The number of aromatic nitrogens is 2. The molecular formula is C19H17FN2O5. The van der Waals surface area contributed by atoms with Gasteiger partial charge in [-0.05, 0) is 43.3 Å². The summed E-state index contributed by atoms with van der Waals surface area (Å²) in [6.07, 6.45) is -0.786. The molecule has 0 aliphatic carbocycles. The summed E-state index contributed by atoms with van der Waals surface area (Å²) in [4.78, 5) is 12.4. The van der Waals surface area contributed by atoms with Crippen LogP contribution in [0, 0.1) is 5.82 Å². The maximum Gasteiger partial charge on any atom is 0.342 e. The Kier molecular flexibility index (Phi) is 5.35. The minimum Gasteiger partial charge on any atom is -0.497 e. The van der Waals surface area contributed by atoms with Crippen LogP contribution in [-0.2, 0) is 4.74 Å². The molecule has 3 aromatic rings. The normalized spacial score (nSPS) is 11.7. The zero-order chi connectivity index (χ0) is 19.4. The van der Waals surface area contributed by atoms with E-state index in [0.29, 0.717) is 17.1 Å². The molecule has 7 nitrogen and oxygen atoms in total. The van der Waals surface area contributed by atoms with E-state index in [-0.39, 0.29) is 23.2 Å². The Morgan fingerprint density at radius 1 is 1.07 bits per heavy atom. The molecule has 0 radical (unpaired) electrons. The van der Waals surface area contributed by atoms with E-state index in [1.54, 1.807) is 25.1 Å². The van der Waals surface area contributed by atoms with Crippen LogP contribution < -0.4 is 9.47 Å². The molecule has 0 fully saturated rings. The zero-order valence-electron chi connectivity index (χ0n) is 14.9. The van der Waals surface area contributed by atoms with Gasteiger partial charge in [-0.1, -0.05) is 0 Å². The Balaban J connectivity index is 1.75. The van der Waals surface area contributed by atoms with Crippen molar-refractivity contribution < 1.29 is 27.8 Å². The van der Waals surface area contributed by atoms with Gasteiger partial charge in [0.2, 0.25) is 5.89 Å². The van der Waals surface area contributed by atoms with Crippen molar-refractivity contribution in [2.24, 2.45) is 0 Å². The van der Waals surface area contributed by atoms with E-state index in [4.69, 9.17) is 18.6 Å². The number of rotatable bonds is 6. The molecule has 0 spiro atoms. The number of hydrogen-bond acceptors (Lipinski definition) is 7. The second-order valence-electron chi connectivity index (χ2n) is 5.57. The second-order valence-corrected chi connectivity index (χ2v) is 5.57. The fourth-order valence-corrected chi connectivity index (χ4v) is 2.35. The Hall–Kier alpha value is -3.42. The molecule has 0 amide bonds. The first-order valence-electron chi connectivity index (χ1n) is 8.04. The van der Waals surface area contributed by atoms with Crippen molar-refractivity contribution in [1.82, 2.24) is 10.2 Å². The molecule has 1 aromatic heterocycles. The average molecular weight is 372 g/mol. The van der Waals surface area contributed by atoms with Crippen LogP contribution in [0.25, 0.3) is 11.5 Å². The number of nitrogens with zero attached hydrogens (tertiary/aromatic N) is 2. The Labute approximate surface area is 154 Å². The van der Waals surface area contributed by atoms with E-state index < -0.39 is 12.1 Å². The first-order chi connectivity index (χ1) is 13.0. The highest BCUT2D eigenvalue weighted by Gasteiger charge is 2.22. The van der Waals surface area contributed by atoms with Crippen molar-refractivity contribution in [2.45, 2.75) is 13.0 Å². The highest BCUT2D eigenvalue weighted by atomic mass is 19.1. The molecule has 0 bridgehead atoms. The molecule has 1 atom stereocenters. The summed E-state index contributed by atoms with van der Waals surface area (Å²) in [5, 5.41) is 7.79. The molecule has 2 aromatic carbocycles. The van der Waals surface area contributed by atoms with E-state index in [1.807, 2.05) is 0 Å². The van der Waals surface area contributed by atoms with Crippen LogP contribution in [0.15, 0.2) is 46.9 Å². The third kappa shape index (κ3) is 4.05. The number of carbonyl (C=O) groups excluding carboxylic acids is 1. The molecule has 1 heterocycles. The lowest BCUT2D eigenvalue weighted by Crippen LogP contribution is -2.11. The highest BCUT2D eigenvalue weighted by molar-refractivity contribution is 5.92. The zero-order valence-corrected chi connectivity index (χ0v) is 14.9. The van der Waals surface area contributed by atoms with Gasteiger partial charge in [-0.3, -0.25) is 0 Å². The van der Waals surface area contributed by atoms with Gasteiger partial charge in [0.05, 0.1) is 14.2 Å². The Bertz CT molecular complexity index is 940. The van der Waals surface area contributed by atoms with Gasteiger partial charge < -0.3 is 18.6 Å². The number of benzene rings is 2. The second kappa shape index (κ2) is 7.86. The molecule has 0 unspecified atom stereocenters. The monoisotopic (exact) mass is 372 g/mol. The van der Waals surface area contributed by atoms with E-state index >= 15 is 0 Å². The maximum absolute atomic E-state index is 13.0. The molecule has 0 N–H and O–H groups in total. The van der Waals surface area contributed by atoms with Crippen molar-refractivity contribution in [3.63, 3.8) is 0 Å². The minimum atomic E-state index is -0.786. The third-order valence-electron chi connectivity index (χ3n) is 3.79. The number of carbonyl (C=O) groups is 1. The predicted molar refractivity (Wildman–Crippen MR) is 93.1 cm³/mol. The van der Waals surface area contributed by atoms with Crippen LogP contribution in [0.5, 0.6) is 11.5 Å². The van der Waals surface area contributed by atoms with Crippen molar-refractivity contribution in [3.05, 3.63) is 59.7 Å². The first-order valence-corrected chi connectivity index (χ1v) is 8.04. The van der Waals surface area contributed by atoms with E-state index in [9.17, 15) is 9.18 Å². The molecule has 0 saturated heterocycles. The largest absolute Gasteiger partial charge is 0.497 e. The highest BCUT2D eigenvalue weighted by Crippen LogP contribution is 2.28. The van der Waals surface area contributed by atoms with Crippen LogP contribution in [-0.4, -0.2) is 30.4 Å². The van der Waals surface area contributed by atoms with Gasteiger partial charge in [-0.25, -0.2) is 9.18 Å². The molecule has 0 aliphatic heterocycles.